The Morgan fingerprint density at radius 3 is 1.89 bits per heavy atom. The van der Waals surface area contributed by atoms with E-state index in [-0.39, 0.29) is 0 Å². The number of nitrogens with zero attached hydrogens (tertiary/aromatic N) is 1. The first kappa shape index (κ1) is 8.50. The second-order valence-electron chi connectivity index (χ2n) is 2.37. The lowest BCUT2D eigenvalue weighted by atomic mass is 10.3. The predicted molar refractivity (Wildman–Crippen MR) is 40.6 cm³/mol. The van der Waals surface area contributed by atoms with E-state index in [1.165, 1.54) is 5.57 Å². The fourth-order valence-electron chi connectivity index (χ4n) is 0.524. The van der Waals surface area contributed by atoms with E-state index < -0.39 is 0 Å². The van der Waals surface area contributed by atoms with Crippen molar-refractivity contribution in [3.05, 3.63) is 11.3 Å². The summed E-state index contributed by atoms with van der Waals surface area (Å²) in [5, 5.41) is 1.75. The second-order valence-corrected chi connectivity index (χ2v) is 2.37. The molecule has 0 saturated carbocycles. The Bertz CT molecular complexity index is 112. The van der Waals surface area contributed by atoms with Gasteiger partial charge >= 0.3 is 0 Å². The van der Waals surface area contributed by atoms with Crippen molar-refractivity contribution >= 4 is 0 Å². The van der Waals surface area contributed by atoms with Crippen LogP contribution in [0.2, 0.25) is 0 Å². The maximum absolute atomic E-state index is 5.59. The molecule has 0 atom stereocenters. The van der Waals surface area contributed by atoms with Gasteiger partial charge in [0.25, 0.3) is 0 Å². The summed E-state index contributed by atoms with van der Waals surface area (Å²) in [7, 11) is 0. The minimum atomic E-state index is 0.872. The van der Waals surface area contributed by atoms with Crippen molar-refractivity contribution in [3.63, 3.8) is 0 Å². The summed E-state index contributed by atoms with van der Waals surface area (Å²) in [5.74, 6) is 5.59. The molecule has 0 spiro atoms. The minimum absolute atomic E-state index is 0.872. The fourth-order valence-corrected chi connectivity index (χ4v) is 0.524. The van der Waals surface area contributed by atoms with Crippen molar-refractivity contribution in [2.45, 2.75) is 27.7 Å². The van der Waals surface area contributed by atoms with Gasteiger partial charge in [0, 0.05) is 12.2 Å². The van der Waals surface area contributed by atoms with Crippen molar-refractivity contribution in [2.75, 3.05) is 6.54 Å². The second kappa shape index (κ2) is 3.51. The highest BCUT2D eigenvalue weighted by molar-refractivity contribution is 5.03. The van der Waals surface area contributed by atoms with Gasteiger partial charge in [-0.05, 0) is 27.7 Å². The molecule has 0 bridgehead atoms. The molecular formula is C7H16N2. The molecule has 0 aliphatic rings. The molecule has 0 aliphatic carbocycles. The molecule has 2 N–H and O–H groups in total. The van der Waals surface area contributed by atoms with Gasteiger partial charge in [-0.2, -0.15) is 0 Å². The summed E-state index contributed by atoms with van der Waals surface area (Å²) in [4.78, 5) is 0. The van der Waals surface area contributed by atoms with Gasteiger partial charge in [-0.1, -0.05) is 5.57 Å². The topological polar surface area (TPSA) is 29.3 Å². The normalized spacial score (nSPS) is 9.00. The smallest absolute Gasteiger partial charge is 0.0309 e. The largest absolute Gasteiger partial charge is 0.316 e. The lowest BCUT2D eigenvalue weighted by molar-refractivity contribution is 0.376. The van der Waals surface area contributed by atoms with E-state index in [0.29, 0.717) is 0 Å². The number of hydrogen-bond donors (Lipinski definition) is 1. The Labute approximate surface area is 57.3 Å². The van der Waals surface area contributed by atoms with E-state index in [2.05, 4.69) is 13.8 Å². The fraction of sp³-hybridized carbons (Fsp3) is 0.714. The Kier molecular flexibility index (Phi) is 3.32. The van der Waals surface area contributed by atoms with Crippen LogP contribution in [-0.2, 0) is 0 Å². The number of hydrazine groups is 1. The lowest BCUT2D eigenvalue weighted by Crippen LogP contribution is -2.29. The van der Waals surface area contributed by atoms with E-state index in [4.69, 9.17) is 5.84 Å². The summed E-state index contributed by atoms with van der Waals surface area (Å²) in [6.07, 6.45) is 0. The molecule has 0 radical (unpaired) electrons. The molecule has 0 amide bonds. The van der Waals surface area contributed by atoms with E-state index >= 15 is 0 Å². The van der Waals surface area contributed by atoms with Crippen LogP contribution in [-0.4, -0.2) is 11.6 Å². The molecule has 0 rings (SSSR count). The molecule has 0 unspecified atom stereocenters. The van der Waals surface area contributed by atoms with Crippen LogP contribution in [0, 0.1) is 0 Å². The summed E-state index contributed by atoms with van der Waals surface area (Å²) in [6.45, 7) is 9.05. The molecule has 2 heteroatoms. The van der Waals surface area contributed by atoms with Crippen LogP contribution in [0.3, 0.4) is 0 Å². The van der Waals surface area contributed by atoms with Gasteiger partial charge in [0.05, 0.1) is 0 Å². The van der Waals surface area contributed by atoms with Crippen LogP contribution in [0.1, 0.15) is 27.7 Å². The maximum atomic E-state index is 5.59. The molecule has 2 nitrogen and oxygen atoms in total. The van der Waals surface area contributed by atoms with Gasteiger partial charge in [-0.15, -0.1) is 0 Å². The van der Waals surface area contributed by atoms with Crippen molar-refractivity contribution in [3.8, 4) is 0 Å². The van der Waals surface area contributed by atoms with Gasteiger partial charge in [-0.25, -0.2) is 5.84 Å². The van der Waals surface area contributed by atoms with Crippen LogP contribution in [0.5, 0.6) is 0 Å². The summed E-state index contributed by atoms with van der Waals surface area (Å²) in [5.41, 5.74) is 2.44. The van der Waals surface area contributed by atoms with E-state index in [9.17, 15) is 0 Å². The van der Waals surface area contributed by atoms with Gasteiger partial charge in [-0.3, -0.25) is 0 Å². The first-order valence-corrected chi connectivity index (χ1v) is 3.26. The van der Waals surface area contributed by atoms with E-state index in [1.807, 2.05) is 13.8 Å². The third-order valence-electron chi connectivity index (χ3n) is 1.50. The highest BCUT2D eigenvalue weighted by Crippen LogP contribution is 2.02. The third-order valence-corrected chi connectivity index (χ3v) is 1.50. The zero-order valence-electron chi connectivity index (χ0n) is 6.73. The van der Waals surface area contributed by atoms with Crippen molar-refractivity contribution in [1.82, 2.24) is 5.01 Å². The van der Waals surface area contributed by atoms with Crippen molar-refractivity contribution in [2.24, 2.45) is 5.84 Å². The zero-order valence-corrected chi connectivity index (χ0v) is 6.73. The van der Waals surface area contributed by atoms with Crippen molar-refractivity contribution in [1.29, 1.82) is 0 Å². The number of hydrogen-bond acceptors (Lipinski definition) is 2. The molecule has 0 aliphatic heterocycles. The molecule has 0 fully saturated rings. The molecule has 0 heterocycles. The Morgan fingerprint density at radius 1 is 1.33 bits per heavy atom. The van der Waals surface area contributed by atoms with Gasteiger partial charge in [0.1, 0.15) is 0 Å². The highest BCUT2D eigenvalue weighted by Gasteiger charge is 1.95. The van der Waals surface area contributed by atoms with Crippen LogP contribution >= 0.6 is 0 Å². The predicted octanol–water partition coefficient (Wildman–Crippen LogP) is 1.50. The van der Waals surface area contributed by atoms with Crippen LogP contribution in [0.15, 0.2) is 11.3 Å². The lowest BCUT2D eigenvalue weighted by Gasteiger charge is -2.17. The molecular weight excluding hydrogens is 112 g/mol. The van der Waals surface area contributed by atoms with Gasteiger partial charge in [0.15, 0.2) is 0 Å². The van der Waals surface area contributed by atoms with E-state index in [1.54, 1.807) is 5.01 Å². The SMILES string of the molecule is CCN(N)C(C)=C(C)C. The molecule has 0 aromatic heterocycles. The average Bonchev–Trinajstić information content (AvgIpc) is 1.84. The highest BCUT2D eigenvalue weighted by atomic mass is 15.4. The first-order chi connectivity index (χ1) is 4.09. The van der Waals surface area contributed by atoms with Crippen LogP contribution in [0.25, 0.3) is 0 Å². The van der Waals surface area contributed by atoms with Crippen LogP contribution < -0.4 is 5.84 Å². The monoisotopic (exact) mass is 128 g/mol. The molecule has 54 valence electrons. The van der Waals surface area contributed by atoms with E-state index in [0.717, 1.165) is 12.2 Å². The number of rotatable bonds is 2. The maximum Gasteiger partial charge on any atom is 0.0309 e. The Morgan fingerprint density at radius 2 is 1.78 bits per heavy atom. The standard InChI is InChI=1S/C7H16N2/c1-5-9(8)7(4)6(2)3/h5,8H2,1-4H3. The summed E-state index contributed by atoms with van der Waals surface area (Å²) in [6, 6.07) is 0. The summed E-state index contributed by atoms with van der Waals surface area (Å²) >= 11 is 0. The average molecular weight is 128 g/mol. The third kappa shape index (κ3) is 2.51. The van der Waals surface area contributed by atoms with Crippen LogP contribution in [0.4, 0.5) is 0 Å². The molecule has 0 aromatic carbocycles. The van der Waals surface area contributed by atoms with Gasteiger partial charge in [0.2, 0.25) is 0 Å². The molecule has 0 saturated heterocycles. The minimum Gasteiger partial charge on any atom is -0.316 e. The Balaban J connectivity index is 4.02. The number of allylic oxidation sites excluding steroid dienone is 2. The molecule has 0 aromatic rings. The Hall–Kier alpha value is -0.500. The zero-order chi connectivity index (χ0) is 7.44. The first-order valence-electron chi connectivity index (χ1n) is 3.26. The van der Waals surface area contributed by atoms with Crippen molar-refractivity contribution < 1.29 is 0 Å². The molecule has 9 heavy (non-hydrogen) atoms. The van der Waals surface area contributed by atoms with Gasteiger partial charge < -0.3 is 5.01 Å². The summed E-state index contributed by atoms with van der Waals surface area (Å²) < 4.78 is 0. The quantitative estimate of drug-likeness (QED) is 0.451. The number of nitrogens with two attached hydrogens (primary N) is 1.